The molecule has 4 aliphatic rings. The number of aromatic nitrogens is 3. The zero-order valence-corrected chi connectivity index (χ0v) is 29.3. The summed E-state index contributed by atoms with van der Waals surface area (Å²) >= 11 is 0. The number of terminal acetylenes is 1. The number of phenolic OH excluding ortho intramolecular Hbond substituents is 1. The Morgan fingerprint density at radius 3 is 2.71 bits per heavy atom. The molecule has 52 heavy (non-hydrogen) atoms. The van der Waals surface area contributed by atoms with Crippen molar-refractivity contribution in [2.45, 2.75) is 50.7 Å². The van der Waals surface area contributed by atoms with Crippen molar-refractivity contribution in [3.63, 3.8) is 0 Å². The third kappa shape index (κ3) is 6.36. The zero-order chi connectivity index (χ0) is 35.8. The molecule has 3 saturated heterocycles. The number of aromatic hydroxyl groups is 1. The fraction of sp³-hybridized carbons (Fsp3) is 0.513. The molecule has 8 rings (SSSR count). The van der Waals surface area contributed by atoms with Crippen LogP contribution in [-0.2, 0) is 14.2 Å². The summed E-state index contributed by atoms with van der Waals surface area (Å²) in [5.41, 5.74) is -0.346. The number of rotatable bonds is 8. The summed E-state index contributed by atoms with van der Waals surface area (Å²) in [6.45, 7) is 6.21. The number of pyridine rings is 1. The molecule has 5 heterocycles. The van der Waals surface area contributed by atoms with Crippen molar-refractivity contribution in [1.29, 1.82) is 0 Å². The van der Waals surface area contributed by atoms with E-state index in [0.717, 1.165) is 51.6 Å². The largest absolute Gasteiger partial charge is 0.508 e. The van der Waals surface area contributed by atoms with Gasteiger partial charge in [0.2, 0.25) is 5.88 Å². The third-order valence-electron chi connectivity index (χ3n) is 11.1. The van der Waals surface area contributed by atoms with E-state index in [1.807, 2.05) is 4.90 Å². The predicted molar refractivity (Wildman–Crippen MR) is 191 cm³/mol. The molecule has 3 atom stereocenters. The van der Waals surface area contributed by atoms with Crippen molar-refractivity contribution in [2.75, 3.05) is 77.8 Å². The van der Waals surface area contributed by atoms with Crippen LogP contribution in [0.15, 0.2) is 24.3 Å². The SMILES string of the molecule is C#Cc1c(F)ccc2cc(O)cc(-c3nc(OC)c4c(N5CCCOCC5)nc(OC[C@]56CCC[C@H]5N(CC5COCCO5)CCC6)nc4c3F)c12. The molecule has 4 aromatic rings. The Kier molecular flexibility index (Phi) is 9.74. The van der Waals surface area contributed by atoms with E-state index in [0.29, 0.717) is 70.0 Å². The number of fused-ring (bicyclic) bond motifs is 3. The first-order chi connectivity index (χ1) is 25.4. The predicted octanol–water partition coefficient (Wildman–Crippen LogP) is 5.47. The molecule has 274 valence electrons. The van der Waals surface area contributed by atoms with Gasteiger partial charge in [-0.15, -0.1) is 6.42 Å². The molecule has 1 saturated carbocycles. The topological polar surface area (TPSA) is 112 Å². The van der Waals surface area contributed by atoms with Gasteiger partial charge >= 0.3 is 6.01 Å². The number of ether oxygens (including phenoxy) is 5. The van der Waals surface area contributed by atoms with Crippen molar-refractivity contribution >= 4 is 27.5 Å². The van der Waals surface area contributed by atoms with Gasteiger partial charge in [0.25, 0.3) is 0 Å². The van der Waals surface area contributed by atoms with Gasteiger partial charge in [-0.1, -0.05) is 18.4 Å². The third-order valence-corrected chi connectivity index (χ3v) is 11.1. The van der Waals surface area contributed by atoms with Crippen LogP contribution in [0.1, 0.15) is 44.1 Å². The van der Waals surface area contributed by atoms with Crippen LogP contribution in [0.4, 0.5) is 14.6 Å². The van der Waals surface area contributed by atoms with E-state index in [4.69, 9.17) is 40.1 Å². The molecule has 1 N–H and O–H groups in total. The van der Waals surface area contributed by atoms with Crippen LogP contribution < -0.4 is 14.4 Å². The number of halogens is 2. The monoisotopic (exact) mass is 715 g/mol. The van der Waals surface area contributed by atoms with Crippen LogP contribution in [0, 0.1) is 29.4 Å². The van der Waals surface area contributed by atoms with Crippen LogP contribution >= 0.6 is 0 Å². The summed E-state index contributed by atoms with van der Waals surface area (Å²) < 4.78 is 62.0. The fourth-order valence-electron chi connectivity index (χ4n) is 8.78. The number of hydrogen-bond donors (Lipinski definition) is 1. The van der Waals surface area contributed by atoms with Crippen molar-refractivity contribution in [3.05, 3.63) is 41.5 Å². The van der Waals surface area contributed by atoms with Crippen LogP contribution in [0.25, 0.3) is 32.9 Å². The zero-order valence-electron chi connectivity index (χ0n) is 29.3. The lowest BCUT2D eigenvalue weighted by Gasteiger charge is -2.47. The fourth-order valence-corrected chi connectivity index (χ4v) is 8.78. The number of hydrogen-bond acceptors (Lipinski definition) is 11. The second-order valence-corrected chi connectivity index (χ2v) is 14.2. The highest BCUT2D eigenvalue weighted by Gasteiger charge is 2.49. The van der Waals surface area contributed by atoms with Gasteiger partial charge in [-0.3, -0.25) is 4.90 Å². The minimum atomic E-state index is -0.801. The van der Waals surface area contributed by atoms with E-state index < -0.39 is 11.6 Å². The lowest BCUT2D eigenvalue weighted by Crippen LogP contribution is -2.54. The molecule has 11 nitrogen and oxygen atoms in total. The van der Waals surface area contributed by atoms with Crippen molar-refractivity contribution in [2.24, 2.45) is 5.41 Å². The average molecular weight is 716 g/mol. The van der Waals surface area contributed by atoms with Crippen molar-refractivity contribution in [3.8, 4) is 41.2 Å². The minimum Gasteiger partial charge on any atom is -0.508 e. The second-order valence-electron chi connectivity index (χ2n) is 14.2. The van der Waals surface area contributed by atoms with E-state index in [2.05, 4.69) is 15.8 Å². The van der Waals surface area contributed by atoms with Gasteiger partial charge in [0, 0.05) is 48.6 Å². The van der Waals surface area contributed by atoms with E-state index >= 15 is 8.78 Å². The number of nitrogens with zero attached hydrogens (tertiary/aromatic N) is 5. The lowest BCUT2D eigenvalue weighted by atomic mass is 9.75. The first-order valence-corrected chi connectivity index (χ1v) is 18.2. The molecule has 2 aromatic heterocycles. The summed E-state index contributed by atoms with van der Waals surface area (Å²) in [7, 11) is 1.44. The summed E-state index contributed by atoms with van der Waals surface area (Å²) in [6, 6.07) is 5.83. The number of benzene rings is 2. The maximum absolute atomic E-state index is 17.2. The second kappa shape index (κ2) is 14.6. The molecule has 0 amide bonds. The number of piperidine rings is 1. The normalized spacial score (nSPS) is 24.1. The molecule has 4 fully saturated rings. The standard InChI is InChI=1S/C39H43F2N5O6/c1-3-27-29(40)9-8-24-19-25(47)20-28(31(24)27)34-33(41)35-32(37(42-34)48-2)36(45-13-6-15-49-16-14-45)44-38(43-35)52-23-39-10-4-7-30(39)46(12-5-11-39)21-26-22-50-17-18-51-26/h1,8-9,19-20,26,30,47H,4-7,10-18,21-23H2,2H3/t26?,30-,39-/m1/s1. The van der Waals surface area contributed by atoms with Gasteiger partial charge < -0.3 is 33.7 Å². The summed E-state index contributed by atoms with van der Waals surface area (Å²) in [6.07, 6.45) is 11.7. The van der Waals surface area contributed by atoms with Crippen LogP contribution in [0.2, 0.25) is 0 Å². The highest BCUT2D eigenvalue weighted by atomic mass is 19.1. The Bertz CT molecular complexity index is 2010. The molecule has 0 spiro atoms. The Morgan fingerprint density at radius 1 is 1.00 bits per heavy atom. The number of anilines is 1. The molecule has 2 aromatic carbocycles. The minimum absolute atomic E-state index is 0.0445. The smallest absolute Gasteiger partial charge is 0.319 e. The van der Waals surface area contributed by atoms with Gasteiger partial charge in [0.05, 0.1) is 51.8 Å². The number of likely N-dealkylation sites (tertiary alicyclic amines) is 1. The van der Waals surface area contributed by atoms with E-state index in [1.54, 1.807) is 0 Å². The Labute approximate surface area is 301 Å². The molecular weight excluding hydrogens is 672 g/mol. The first-order valence-electron chi connectivity index (χ1n) is 18.2. The maximum atomic E-state index is 17.2. The van der Waals surface area contributed by atoms with Gasteiger partial charge in [-0.2, -0.15) is 9.97 Å². The van der Waals surface area contributed by atoms with Crippen LogP contribution in [-0.4, -0.2) is 110 Å². The molecule has 0 radical (unpaired) electrons. The Balaban J connectivity index is 1.23. The Morgan fingerprint density at radius 2 is 1.88 bits per heavy atom. The highest BCUT2D eigenvalue weighted by molar-refractivity contribution is 6.04. The van der Waals surface area contributed by atoms with Crippen molar-refractivity contribution < 1.29 is 37.6 Å². The molecule has 3 aliphatic heterocycles. The quantitative estimate of drug-likeness (QED) is 0.235. The van der Waals surface area contributed by atoms with E-state index in [1.165, 1.54) is 31.4 Å². The average Bonchev–Trinajstić information content (AvgIpc) is 3.41. The van der Waals surface area contributed by atoms with E-state index in [9.17, 15) is 5.11 Å². The number of phenols is 1. The highest BCUT2D eigenvalue weighted by Crippen LogP contribution is 2.48. The Hall–Kier alpha value is -4.35. The molecular formula is C39H43F2N5O6. The van der Waals surface area contributed by atoms with Crippen molar-refractivity contribution in [1.82, 2.24) is 19.9 Å². The van der Waals surface area contributed by atoms with Gasteiger partial charge in [-0.25, -0.2) is 13.8 Å². The lowest BCUT2D eigenvalue weighted by molar-refractivity contribution is -0.111. The van der Waals surface area contributed by atoms with Crippen LogP contribution in [0.3, 0.4) is 0 Å². The van der Waals surface area contributed by atoms with Gasteiger partial charge in [-0.05, 0) is 62.2 Å². The summed E-state index contributed by atoms with van der Waals surface area (Å²) in [5, 5.41) is 11.6. The first kappa shape index (κ1) is 34.7. The van der Waals surface area contributed by atoms with Gasteiger partial charge in [0.1, 0.15) is 34.0 Å². The van der Waals surface area contributed by atoms with E-state index in [-0.39, 0.29) is 62.3 Å². The summed E-state index contributed by atoms with van der Waals surface area (Å²) in [5.74, 6) is 1.28. The van der Waals surface area contributed by atoms with Gasteiger partial charge in [0.15, 0.2) is 5.82 Å². The molecule has 13 heteroatoms. The number of methoxy groups -OCH3 is 1. The molecule has 1 aliphatic carbocycles. The molecule has 0 bridgehead atoms. The maximum Gasteiger partial charge on any atom is 0.319 e. The van der Waals surface area contributed by atoms with Crippen LogP contribution in [0.5, 0.6) is 17.6 Å². The summed E-state index contributed by atoms with van der Waals surface area (Å²) in [4.78, 5) is 18.8. The molecule has 1 unspecified atom stereocenters.